The Bertz CT molecular complexity index is 426. The van der Waals surface area contributed by atoms with E-state index < -0.39 is 0 Å². The van der Waals surface area contributed by atoms with Gasteiger partial charge in [0, 0.05) is 6.42 Å². The van der Waals surface area contributed by atoms with Crippen molar-refractivity contribution in [3.05, 3.63) is 29.3 Å². The molecular weight excluding hydrogens is 218 g/mol. The Labute approximate surface area is 111 Å². The summed E-state index contributed by atoms with van der Waals surface area (Å²) < 4.78 is 0. The van der Waals surface area contributed by atoms with Crippen molar-refractivity contribution in [3.63, 3.8) is 0 Å². The normalized spacial score (nSPS) is 10.4. The largest absolute Gasteiger partial charge is 0.247 e. The van der Waals surface area contributed by atoms with Crippen LogP contribution >= 0.6 is 0 Å². The van der Waals surface area contributed by atoms with E-state index in [0.29, 0.717) is 0 Å². The Morgan fingerprint density at radius 1 is 1.11 bits per heavy atom. The Morgan fingerprint density at radius 2 is 1.83 bits per heavy atom. The number of para-hydroxylation sites is 1. The highest BCUT2D eigenvalue weighted by Crippen LogP contribution is 2.22. The van der Waals surface area contributed by atoms with E-state index in [1.54, 1.807) is 6.21 Å². The third-order valence-corrected chi connectivity index (χ3v) is 2.96. The van der Waals surface area contributed by atoms with Crippen LogP contribution in [0.5, 0.6) is 0 Å². The van der Waals surface area contributed by atoms with Crippen LogP contribution in [0.3, 0.4) is 0 Å². The molecule has 18 heavy (non-hydrogen) atoms. The average Bonchev–Trinajstić information content (AvgIpc) is 2.35. The second-order valence-electron chi connectivity index (χ2n) is 4.63. The molecule has 0 bridgehead atoms. The van der Waals surface area contributed by atoms with Crippen LogP contribution in [-0.2, 0) is 0 Å². The third kappa shape index (κ3) is 5.19. The van der Waals surface area contributed by atoms with Crippen molar-refractivity contribution in [2.24, 2.45) is 4.99 Å². The summed E-state index contributed by atoms with van der Waals surface area (Å²) in [5.74, 6) is 6.18. The van der Waals surface area contributed by atoms with E-state index in [0.717, 1.165) is 12.1 Å². The molecule has 0 amide bonds. The van der Waals surface area contributed by atoms with Gasteiger partial charge < -0.3 is 0 Å². The average molecular weight is 241 g/mol. The molecular formula is C17H23N. The number of hydrogen-bond acceptors (Lipinski definition) is 1. The number of benzene rings is 1. The Balaban J connectivity index is 2.43. The number of nitrogens with zero attached hydrogens (tertiary/aromatic N) is 1. The highest BCUT2D eigenvalue weighted by molar-refractivity contribution is 5.81. The summed E-state index contributed by atoms with van der Waals surface area (Å²) in [6.45, 7) is 6.39. The maximum absolute atomic E-state index is 4.44. The van der Waals surface area contributed by atoms with Gasteiger partial charge in [-0.25, -0.2) is 4.99 Å². The minimum absolute atomic E-state index is 0.985. The monoisotopic (exact) mass is 241 g/mol. The lowest BCUT2D eigenvalue weighted by molar-refractivity contribution is 0.680. The van der Waals surface area contributed by atoms with Crippen molar-refractivity contribution in [2.45, 2.75) is 52.9 Å². The van der Waals surface area contributed by atoms with Crippen LogP contribution in [0.2, 0.25) is 0 Å². The molecule has 0 radical (unpaired) electrons. The summed E-state index contributed by atoms with van der Waals surface area (Å²) in [6, 6.07) is 6.22. The maximum Gasteiger partial charge on any atom is 0.0773 e. The molecule has 0 N–H and O–H groups in total. The molecule has 0 spiro atoms. The summed E-state index contributed by atoms with van der Waals surface area (Å²) in [7, 11) is 0. The third-order valence-electron chi connectivity index (χ3n) is 2.96. The van der Waals surface area contributed by atoms with Crippen molar-refractivity contribution < 1.29 is 0 Å². The molecule has 0 saturated carbocycles. The van der Waals surface area contributed by atoms with E-state index >= 15 is 0 Å². The van der Waals surface area contributed by atoms with Crippen molar-refractivity contribution >= 4 is 11.9 Å². The number of unbranched alkanes of at least 4 members (excludes halogenated alkanes) is 4. The van der Waals surface area contributed by atoms with Crippen molar-refractivity contribution in [3.8, 4) is 11.8 Å². The summed E-state index contributed by atoms with van der Waals surface area (Å²) in [5, 5.41) is 0. The molecule has 0 atom stereocenters. The first kappa shape index (κ1) is 14.5. The molecule has 1 aromatic carbocycles. The first-order valence-electron chi connectivity index (χ1n) is 6.83. The molecule has 1 aromatic rings. The summed E-state index contributed by atoms with van der Waals surface area (Å²) in [4.78, 5) is 4.44. The van der Waals surface area contributed by atoms with Gasteiger partial charge in [-0.2, -0.15) is 0 Å². The fourth-order valence-electron chi connectivity index (χ4n) is 1.86. The minimum atomic E-state index is 0.985. The minimum Gasteiger partial charge on any atom is -0.247 e. The van der Waals surface area contributed by atoms with Crippen molar-refractivity contribution in [1.29, 1.82) is 0 Å². The SMILES string of the molecule is CCCCCCC#CC=Nc1c(C)cccc1C. The molecule has 0 aliphatic rings. The second-order valence-corrected chi connectivity index (χ2v) is 4.63. The Morgan fingerprint density at radius 3 is 2.50 bits per heavy atom. The van der Waals surface area contributed by atoms with Crippen LogP contribution in [0, 0.1) is 25.7 Å². The molecule has 1 heteroatoms. The lowest BCUT2D eigenvalue weighted by Gasteiger charge is -2.01. The van der Waals surface area contributed by atoms with Crippen LogP contribution in [-0.4, -0.2) is 6.21 Å². The topological polar surface area (TPSA) is 12.4 Å². The summed E-state index contributed by atoms with van der Waals surface area (Å²) >= 11 is 0. The van der Waals surface area contributed by atoms with E-state index in [4.69, 9.17) is 0 Å². The van der Waals surface area contributed by atoms with Gasteiger partial charge in [0.15, 0.2) is 0 Å². The highest BCUT2D eigenvalue weighted by Gasteiger charge is 1.97. The van der Waals surface area contributed by atoms with E-state index in [1.807, 2.05) is 0 Å². The lowest BCUT2D eigenvalue weighted by atomic mass is 10.1. The smallest absolute Gasteiger partial charge is 0.0773 e. The fourth-order valence-corrected chi connectivity index (χ4v) is 1.86. The van der Waals surface area contributed by atoms with Gasteiger partial charge in [-0.1, -0.05) is 56.2 Å². The van der Waals surface area contributed by atoms with Crippen LogP contribution in [0.4, 0.5) is 5.69 Å². The number of rotatable bonds is 5. The highest BCUT2D eigenvalue weighted by atomic mass is 14.7. The van der Waals surface area contributed by atoms with E-state index in [-0.39, 0.29) is 0 Å². The van der Waals surface area contributed by atoms with Crippen molar-refractivity contribution in [1.82, 2.24) is 0 Å². The Kier molecular flexibility index (Phi) is 6.87. The number of hydrogen-bond donors (Lipinski definition) is 0. The van der Waals surface area contributed by atoms with Gasteiger partial charge in [0.05, 0.1) is 11.9 Å². The zero-order valence-electron chi connectivity index (χ0n) is 11.8. The van der Waals surface area contributed by atoms with Gasteiger partial charge in [0.2, 0.25) is 0 Å². The van der Waals surface area contributed by atoms with E-state index in [9.17, 15) is 0 Å². The summed E-state index contributed by atoms with van der Waals surface area (Å²) in [5.41, 5.74) is 3.46. The Hall–Kier alpha value is -1.55. The molecule has 1 rings (SSSR count). The first-order valence-corrected chi connectivity index (χ1v) is 6.83. The molecule has 0 fully saturated rings. The van der Waals surface area contributed by atoms with Gasteiger partial charge >= 0.3 is 0 Å². The zero-order chi connectivity index (χ0) is 13.2. The quantitative estimate of drug-likeness (QED) is 0.391. The first-order chi connectivity index (χ1) is 8.75. The summed E-state index contributed by atoms with van der Waals surface area (Å²) in [6.07, 6.45) is 7.81. The molecule has 0 aliphatic carbocycles. The van der Waals surface area contributed by atoms with Gasteiger partial charge in [0.25, 0.3) is 0 Å². The van der Waals surface area contributed by atoms with Gasteiger partial charge in [0.1, 0.15) is 0 Å². The number of aliphatic imine (C=N–C) groups is 1. The predicted octanol–water partition coefficient (Wildman–Crippen LogP) is 4.98. The van der Waals surface area contributed by atoms with Gasteiger partial charge in [-0.3, -0.25) is 0 Å². The van der Waals surface area contributed by atoms with E-state index in [1.165, 1.54) is 36.8 Å². The molecule has 0 unspecified atom stereocenters. The number of aryl methyl sites for hydroxylation is 2. The van der Waals surface area contributed by atoms with E-state index in [2.05, 4.69) is 55.8 Å². The van der Waals surface area contributed by atoms with Crippen LogP contribution in [0.15, 0.2) is 23.2 Å². The van der Waals surface area contributed by atoms with Crippen molar-refractivity contribution in [2.75, 3.05) is 0 Å². The molecule has 1 nitrogen and oxygen atoms in total. The van der Waals surface area contributed by atoms with Crippen LogP contribution in [0.25, 0.3) is 0 Å². The van der Waals surface area contributed by atoms with Gasteiger partial charge in [-0.15, -0.1) is 0 Å². The van der Waals surface area contributed by atoms with Crippen LogP contribution in [0.1, 0.15) is 50.2 Å². The second kappa shape index (κ2) is 8.53. The zero-order valence-corrected chi connectivity index (χ0v) is 11.8. The van der Waals surface area contributed by atoms with Gasteiger partial charge in [-0.05, 0) is 31.4 Å². The molecule has 0 aromatic heterocycles. The molecule has 0 heterocycles. The lowest BCUT2D eigenvalue weighted by Crippen LogP contribution is -1.80. The predicted molar refractivity (Wildman–Crippen MR) is 80.6 cm³/mol. The molecule has 0 aliphatic heterocycles. The maximum atomic E-state index is 4.44. The molecule has 0 saturated heterocycles. The fraction of sp³-hybridized carbons (Fsp3) is 0.471. The standard InChI is InChI=1S/C17H23N/c1-4-5-6-7-8-9-10-14-18-17-15(2)12-11-13-16(17)3/h11-14H,4-8H2,1-3H3. The van der Waals surface area contributed by atoms with Crippen LogP contribution < -0.4 is 0 Å². The molecule has 96 valence electrons.